The van der Waals surface area contributed by atoms with Crippen molar-refractivity contribution in [1.82, 2.24) is 15.3 Å². The molecule has 0 bridgehead atoms. The van der Waals surface area contributed by atoms with Crippen molar-refractivity contribution in [1.29, 1.82) is 0 Å². The zero-order valence-electron chi connectivity index (χ0n) is 13.1. The number of carbonyl (C=O) groups excluding carboxylic acids is 1. The van der Waals surface area contributed by atoms with Gasteiger partial charge in [-0.05, 0) is 18.8 Å². The Labute approximate surface area is 127 Å². The van der Waals surface area contributed by atoms with Crippen molar-refractivity contribution in [3.8, 4) is 0 Å². The molecule has 1 aromatic rings. The molecule has 0 spiro atoms. The minimum Gasteiger partial charge on any atom is -0.369 e. The second-order valence-corrected chi connectivity index (χ2v) is 6.06. The second kappa shape index (κ2) is 7.96. The molecule has 0 aliphatic heterocycles. The van der Waals surface area contributed by atoms with Gasteiger partial charge in [0.2, 0.25) is 5.91 Å². The zero-order chi connectivity index (χ0) is 15.1. The minimum absolute atomic E-state index is 0.132. The lowest BCUT2D eigenvalue weighted by molar-refractivity contribution is -0.121. The molecule has 1 aliphatic rings. The lowest BCUT2D eigenvalue weighted by Crippen LogP contribution is -2.36. The molecule has 0 saturated heterocycles. The van der Waals surface area contributed by atoms with Crippen LogP contribution in [0.15, 0.2) is 12.4 Å². The molecular weight excluding hydrogens is 264 g/mol. The fraction of sp³-hybridized carbons (Fsp3) is 0.688. The summed E-state index contributed by atoms with van der Waals surface area (Å²) in [7, 11) is 0. The lowest BCUT2D eigenvalue weighted by Gasteiger charge is -2.22. The van der Waals surface area contributed by atoms with E-state index in [-0.39, 0.29) is 5.91 Å². The van der Waals surface area contributed by atoms with Crippen LogP contribution in [-0.4, -0.2) is 28.5 Å². The van der Waals surface area contributed by atoms with E-state index in [0.717, 1.165) is 24.4 Å². The standard InChI is InChI=1S/C16H26N4O/c1-12(2)14-10-15(19-11-18-14)17-9-8-16(21)20-13-6-4-3-5-7-13/h10-13H,3-9H2,1-2H3,(H,20,21)(H,17,18,19). The molecule has 0 unspecified atom stereocenters. The van der Waals surface area contributed by atoms with Gasteiger partial charge >= 0.3 is 0 Å². The van der Waals surface area contributed by atoms with E-state index < -0.39 is 0 Å². The maximum Gasteiger partial charge on any atom is 0.221 e. The fourth-order valence-electron chi connectivity index (χ4n) is 2.64. The quantitative estimate of drug-likeness (QED) is 0.845. The highest BCUT2D eigenvalue weighted by atomic mass is 16.1. The third-order valence-electron chi connectivity index (χ3n) is 3.91. The number of carbonyl (C=O) groups is 1. The van der Waals surface area contributed by atoms with Gasteiger partial charge in [-0.2, -0.15) is 0 Å². The molecule has 0 radical (unpaired) electrons. The average molecular weight is 290 g/mol. The Morgan fingerprint density at radius 2 is 2.05 bits per heavy atom. The average Bonchev–Trinajstić information content (AvgIpc) is 2.48. The number of hydrogen-bond acceptors (Lipinski definition) is 4. The van der Waals surface area contributed by atoms with Gasteiger partial charge in [0.15, 0.2) is 0 Å². The summed E-state index contributed by atoms with van der Waals surface area (Å²) in [5, 5.41) is 6.32. The summed E-state index contributed by atoms with van der Waals surface area (Å²) in [5.41, 5.74) is 1.01. The van der Waals surface area contributed by atoms with Crippen LogP contribution in [0.1, 0.15) is 64.0 Å². The SMILES string of the molecule is CC(C)c1cc(NCCC(=O)NC2CCCCC2)ncn1. The smallest absolute Gasteiger partial charge is 0.221 e. The maximum absolute atomic E-state index is 11.9. The lowest BCUT2D eigenvalue weighted by atomic mass is 9.95. The van der Waals surface area contributed by atoms with E-state index in [4.69, 9.17) is 0 Å². The van der Waals surface area contributed by atoms with Gasteiger partial charge in [0.1, 0.15) is 12.1 Å². The molecule has 2 N–H and O–H groups in total. The largest absolute Gasteiger partial charge is 0.369 e. The zero-order valence-corrected chi connectivity index (χ0v) is 13.1. The second-order valence-electron chi connectivity index (χ2n) is 6.06. The molecule has 2 rings (SSSR count). The first-order valence-electron chi connectivity index (χ1n) is 8.00. The Hall–Kier alpha value is -1.65. The van der Waals surface area contributed by atoms with Gasteiger partial charge < -0.3 is 10.6 Å². The van der Waals surface area contributed by atoms with E-state index in [0.29, 0.717) is 24.9 Å². The number of anilines is 1. The van der Waals surface area contributed by atoms with Crippen molar-refractivity contribution in [3.63, 3.8) is 0 Å². The summed E-state index contributed by atoms with van der Waals surface area (Å²) < 4.78 is 0. The first kappa shape index (κ1) is 15.7. The molecule has 1 amide bonds. The summed E-state index contributed by atoms with van der Waals surface area (Å²) in [5.74, 6) is 1.30. The van der Waals surface area contributed by atoms with Crippen LogP contribution in [0.5, 0.6) is 0 Å². The summed E-state index contributed by atoms with van der Waals surface area (Å²) in [4.78, 5) is 20.3. The molecule has 1 saturated carbocycles. The van der Waals surface area contributed by atoms with Gasteiger partial charge in [0, 0.05) is 30.8 Å². The molecule has 1 fully saturated rings. The van der Waals surface area contributed by atoms with Gasteiger partial charge in [0.05, 0.1) is 0 Å². The van der Waals surface area contributed by atoms with Crippen LogP contribution >= 0.6 is 0 Å². The van der Waals surface area contributed by atoms with Crippen molar-refractivity contribution < 1.29 is 4.79 Å². The van der Waals surface area contributed by atoms with Crippen molar-refractivity contribution in [2.75, 3.05) is 11.9 Å². The number of nitrogens with zero attached hydrogens (tertiary/aromatic N) is 2. The number of hydrogen-bond donors (Lipinski definition) is 2. The monoisotopic (exact) mass is 290 g/mol. The Kier molecular flexibility index (Phi) is 5.96. The van der Waals surface area contributed by atoms with Crippen LogP contribution in [0, 0.1) is 0 Å². The minimum atomic E-state index is 0.132. The molecule has 0 aromatic carbocycles. The van der Waals surface area contributed by atoms with E-state index in [1.165, 1.54) is 19.3 Å². The Bertz CT molecular complexity index is 455. The number of aromatic nitrogens is 2. The Balaban J connectivity index is 1.70. The topological polar surface area (TPSA) is 66.9 Å². The van der Waals surface area contributed by atoms with Crippen LogP contribution in [-0.2, 0) is 4.79 Å². The fourth-order valence-corrected chi connectivity index (χ4v) is 2.64. The van der Waals surface area contributed by atoms with Crippen LogP contribution in [0.3, 0.4) is 0 Å². The van der Waals surface area contributed by atoms with Gasteiger partial charge in [-0.3, -0.25) is 4.79 Å². The molecule has 1 aromatic heterocycles. The molecule has 0 atom stereocenters. The van der Waals surface area contributed by atoms with E-state index in [2.05, 4.69) is 34.4 Å². The van der Waals surface area contributed by atoms with E-state index >= 15 is 0 Å². The third kappa shape index (κ3) is 5.33. The van der Waals surface area contributed by atoms with E-state index in [1.807, 2.05) is 6.07 Å². The van der Waals surface area contributed by atoms with Crippen molar-refractivity contribution >= 4 is 11.7 Å². The highest BCUT2D eigenvalue weighted by Gasteiger charge is 2.15. The number of nitrogens with one attached hydrogen (secondary N) is 2. The molecule has 5 nitrogen and oxygen atoms in total. The third-order valence-corrected chi connectivity index (χ3v) is 3.91. The van der Waals surface area contributed by atoms with E-state index in [9.17, 15) is 4.79 Å². The predicted molar refractivity (Wildman–Crippen MR) is 84.2 cm³/mol. The molecule has 21 heavy (non-hydrogen) atoms. The van der Waals surface area contributed by atoms with E-state index in [1.54, 1.807) is 6.33 Å². The summed E-state index contributed by atoms with van der Waals surface area (Å²) >= 11 is 0. The molecule has 116 valence electrons. The number of rotatable bonds is 6. The maximum atomic E-state index is 11.9. The predicted octanol–water partition coefficient (Wildman–Crippen LogP) is 2.85. The first-order valence-corrected chi connectivity index (χ1v) is 8.00. The first-order chi connectivity index (χ1) is 10.1. The van der Waals surface area contributed by atoms with Crippen LogP contribution < -0.4 is 10.6 Å². The highest BCUT2D eigenvalue weighted by Crippen LogP contribution is 2.17. The molecule has 1 aliphatic carbocycles. The molecule has 5 heteroatoms. The highest BCUT2D eigenvalue weighted by molar-refractivity contribution is 5.76. The van der Waals surface area contributed by atoms with Gasteiger partial charge in [0.25, 0.3) is 0 Å². The van der Waals surface area contributed by atoms with Crippen LogP contribution in [0.2, 0.25) is 0 Å². The summed E-state index contributed by atoms with van der Waals surface area (Å²) in [6.07, 6.45) is 8.09. The summed E-state index contributed by atoms with van der Waals surface area (Å²) in [6.45, 7) is 4.81. The van der Waals surface area contributed by atoms with Crippen molar-refractivity contribution in [2.45, 2.75) is 64.3 Å². The van der Waals surface area contributed by atoms with Crippen molar-refractivity contribution in [2.24, 2.45) is 0 Å². The van der Waals surface area contributed by atoms with Crippen LogP contribution in [0.25, 0.3) is 0 Å². The van der Waals surface area contributed by atoms with Crippen LogP contribution in [0.4, 0.5) is 5.82 Å². The normalized spacial score (nSPS) is 16.0. The van der Waals surface area contributed by atoms with Gasteiger partial charge in [-0.15, -0.1) is 0 Å². The van der Waals surface area contributed by atoms with Gasteiger partial charge in [-0.1, -0.05) is 33.1 Å². The van der Waals surface area contributed by atoms with Gasteiger partial charge in [-0.25, -0.2) is 9.97 Å². The number of amides is 1. The Morgan fingerprint density at radius 3 is 2.76 bits per heavy atom. The molecular formula is C16H26N4O. The summed E-state index contributed by atoms with van der Waals surface area (Å²) in [6, 6.07) is 2.34. The molecule has 1 heterocycles. The van der Waals surface area contributed by atoms with Crippen molar-refractivity contribution in [3.05, 3.63) is 18.1 Å². The Morgan fingerprint density at radius 1 is 1.29 bits per heavy atom.